The molecule has 2 aliphatic carbocycles. The van der Waals surface area contributed by atoms with Crippen molar-refractivity contribution in [2.24, 2.45) is 11.8 Å². The highest BCUT2D eigenvalue weighted by atomic mass is 79.9. The largest absolute Gasteiger partial charge is 0.298 e. The molecule has 0 N–H and O–H groups in total. The van der Waals surface area contributed by atoms with Gasteiger partial charge < -0.3 is 0 Å². The zero-order chi connectivity index (χ0) is 10.4. The molecule has 3 atom stereocenters. The summed E-state index contributed by atoms with van der Waals surface area (Å²) in [5, 5.41) is 0.521. The fraction of sp³-hybridized carbons (Fsp3) is 0.462. The number of ketones is 1. The van der Waals surface area contributed by atoms with Crippen molar-refractivity contribution in [1.82, 2.24) is 0 Å². The molecule has 2 heteroatoms. The molecule has 0 amide bonds. The molecular formula is C13H13BrO. The topological polar surface area (TPSA) is 17.1 Å². The van der Waals surface area contributed by atoms with Crippen molar-refractivity contribution < 1.29 is 4.79 Å². The molecule has 0 aromatic heterocycles. The van der Waals surface area contributed by atoms with Crippen LogP contribution in [0.2, 0.25) is 0 Å². The molecule has 3 unspecified atom stereocenters. The van der Waals surface area contributed by atoms with Crippen molar-refractivity contribution in [3.05, 3.63) is 35.4 Å². The summed E-state index contributed by atoms with van der Waals surface area (Å²) in [5.74, 6) is 1.89. The summed E-state index contributed by atoms with van der Waals surface area (Å²) >= 11 is 3.28. The molecule has 0 spiro atoms. The van der Waals surface area contributed by atoms with Crippen molar-refractivity contribution in [1.29, 1.82) is 0 Å². The second-order valence-corrected chi connectivity index (χ2v) is 5.11. The maximum Gasteiger partial charge on any atom is 0.147 e. The van der Waals surface area contributed by atoms with Crippen LogP contribution in [0.25, 0.3) is 0 Å². The zero-order valence-corrected chi connectivity index (χ0v) is 10.0. The summed E-state index contributed by atoms with van der Waals surface area (Å²) in [6.07, 6.45) is 2.36. The van der Waals surface area contributed by atoms with Crippen molar-refractivity contribution in [2.45, 2.75) is 18.8 Å². The van der Waals surface area contributed by atoms with Gasteiger partial charge in [-0.05, 0) is 35.8 Å². The normalized spacial score (nSPS) is 31.7. The zero-order valence-electron chi connectivity index (χ0n) is 8.45. The predicted molar refractivity (Wildman–Crippen MR) is 63.3 cm³/mol. The number of rotatable bonds is 2. The number of hydrogen-bond donors (Lipinski definition) is 0. The highest BCUT2D eigenvalue weighted by Crippen LogP contribution is 2.60. The summed E-state index contributed by atoms with van der Waals surface area (Å²) in [6.45, 7) is 0. The van der Waals surface area contributed by atoms with E-state index in [2.05, 4.69) is 40.2 Å². The Hall–Kier alpha value is -0.630. The Bertz CT molecular complexity index is 413. The minimum absolute atomic E-state index is 0.313. The van der Waals surface area contributed by atoms with Crippen LogP contribution in [0.15, 0.2) is 24.3 Å². The van der Waals surface area contributed by atoms with Crippen LogP contribution in [0.1, 0.15) is 23.5 Å². The van der Waals surface area contributed by atoms with Gasteiger partial charge in [0, 0.05) is 5.92 Å². The minimum atomic E-state index is 0.313. The number of Topliss-reactive ketones (excluding diaryl/α,β-unsaturated/α-hetero) is 1. The van der Waals surface area contributed by atoms with Crippen LogP contribution in [-0.2, 0) is 11.2 Å². The maximum absolute atomic E-state index is 11.7. The molecule has 2 aliphatic rings. The third-order valence-electron chi connectivity index (χ3n) is 3.83. The van der Waals surface area contributed by atoms with Crippen LogP contribution in [-0.4, -0.2) is 11.1 Å². The highest BCUT2D eigenvalue weighted by molar-refractivity contribution is 9.09. The molecule has 0 bridgehead atoms. The van der Waals surface area contributed by atoms with Gasteiger partial charge in [0.15, 0.2) is 0 Å². The Morgan fingerprint density at radius 2 is 2.20 bits per heavy atom. The maximum atomic E-state index is 11.7. The predicted octanol–water partition coefficient (Wildman–Crippen LogP) is 2.93. The number of hydrogen-bond acceptors (Lipinski definition) is 1. The van der Waals surface area contributed by atoms with Gasteiger partial charge in [0.2, 0.25) is 0 Å². The molecule has 1 aromatic rings. The third kappa shape index (κ3) is 1.38. The number of carbonyl (C=O) groups is 1. The molecule has 1 nitrogen and oxygen atoms in total. The summed E-state index contributed by atoms with van der Waals surface area (Å²) in [4.78, 5) is 11.7. The molecule has 78 valence electrons. The first kappa shape index (κ1) is 9.59. The lowest BCUT2D eigenvalue weighted by Crippen LogP contribution is -2.03. The molecule has 0 saturated heterocycles. The summed E-state index contributed by atoms with van der Waals surface area (Å²) in [5.41, 5.74) is 2.90. The van der Waals surface area contributed by atoms with Crippen LogP contribution in [0.4, 0.5) is 0 Å². The van der Waals surface area contributed by atoms with Crippen LogP contribution in [0.5, 0.6) is 0 Å². The Kier molecular flexibility index (Phi) is 2.20. The van der Waals surface area contributed by atoms with Gasteiger partial charge in [-0.1, -0.05) is 40.2 Å². The first-order valence-corrected chi connectivity index (χ1v) is 6.61. The molecule has 0 heterocycles. The van der Waals surface area contributed by atoms with Crippen molar-refractivity contribution >= 4 is 21.7 Å². The van der Waals surface area contributed by atoms with Crippen LogP contribution in [0.3, 0.4) is 0 Å². The van der Waals surface area contributed by atoms with Gasteiger partial charge in [-0.15, -0.1) is 0 Å². The Morgan fingerprint density at radius 1 is 1.40 bits per heavy atom. The number of fused-ring (bicyclic) bond motifs is 3. The van der Waals surface area contributed by atoms with E-state index >= 15 is 0 Å². The molecule has 1 aromatic carbocycles. The van der Waals surface area contributed by atoms with Crippen LogP contribution in [0, 0.1) is 11.8 Å². The van der Waals surface area contributed by atoms with Crippen molar-refractivity contribution in [2.75, 3.05) is 5.33 Å². The summed E-state index contributed by atoms with van der Waals surface area (Å²) in [6, 6.07) is 8.60. The fourth-order valence-electron chi connectivity index (χ4n) is 3.09. The SMILES string of the molecule is O=C(CBr)C1C2CCc3ccccc3C21. The first-order valence-electron chi connectivity index (χ1n) is 5.49. The van der Waals surface area contributed by atoms with Gasteiger partial charge in [0.1, 0.15) is 5.78 Å². The number of alkyl halides is 1. The average molecular weight is 265 g/mol. The van der Waals surface area contributed by atoms with Crippen LogP contribution < -0.4 is 0 Å². The van der Waals surface area contributed by atoms with Gasteiger partial charge >= 0.3 is 0 Å². The molecule has 1 fully saturated rings. The second kappa shape index (κ2) is 3.44. The van der Waals surface area contributed by atoms with E-state index in [1.165, 1.54) is 17.5 Å². The lowest BCUT2D eigenvalue weighted by Gasteiger charge is -2.13. The van der Waals surface area contributed by atoms with E-state index < -0.39 is 0 Å². The number of halogens is 1. The number of benzene rings is 1. The second-order valence-electron chi connectivity index (χ2n) is 4.55. The molecule has 1 saturated carbocycles. The van der Waals surface area contributed by atoms with Gasteiger partial charge in [0.25, 0.3) is 0 Å². The lowest BCUT2D eigenvalue weighted by molar-refractivity contribution is -0.118. The lowest BCUT2D eigenvalue weighted by atomic mass is 9.92. The average Bonchev–Trinajstić information content (AvgIpc) is 3.02. The smallest absolute Gasteiger partial charge is 0.147 e. The Morgan fingerprint density at radius 3 is 3.00 bits per heavy atom. The van der Waals surface area contributed by atoms with Gasteiger partial charge in [-0.25, -0.2) is 0 Å². The van der Waals surface area contributed by atoms with E-state index in [1.54, 1.807) is 0 Å². The van der Waals surface area contributed by atoms with Crippen molar-refractivity contribution in [3.63, 3.8) is 0 Å². The highest BCUT2D eigenvalue weighted by Gasteiger charge is 2.56. The minimum Gasteiger partial charge on any atom is -0.298 e. The molecule has 15 heavy (non-hydrogen) atoms. The fourth-order valence-corrected chi connectivity index (χ4v) is 3.47. The van der Waals surface area contributed by atoms with E-state index in [9.17, 15) is 4.79 Å². The number of aryl methyl sites for hydroxylation is 1. The van der Waals surface area contributed by atoms with E-state index in [0.29, 0.717) is 28.9 Å². The Balaban J connectivity index is 1.93. The Labute approximate surface area is 98.0 Å². The first-order chi connectivity index (χ1) is 7.33. The van der Waals surface area contributed by atoms with E-state index in [4.69, 9.17) is 0 Å². The molecular weight excluding hydrogens is 252 g/mol. The standard InChI is InChI=1S/C13H13BrO/c14-7-11(15)13-10-6-5-8-3-1-2-4-9(8)12(10)13/h1-4,10,12-13H,5-7H2. The van der Waals surface area contributed by atoms with Crippen molar-refractivity contribution in [3.8, 4) is 0 Å². The molecule has 0 radical (unpaired) electrons. The molecule has 3 rings (SSSR count). The van der Waals surface area contributed by atoms with E-state index in [0.717, 1.165) is 6.42 Å². The summed E-state index contributed by atoms with van der Waals surface area (Å²) < 4.78 is 0. The third-order valence-corrected chi connectivity index (χ3v) is 4.39. The number of carbonyl (C=O) groups excluding carboxylic acids is 1. The van der Waals surface area contributed by atoms with Gasteiger partial charge in [-0.3, -0.25) is 4.79 Å². The monoisotopic (exact) mass is 264 g/mol. The van der Waals surface area contributed by atoms with E-state index in [-0.39, 0.29) is 0 Å². The van der Waals surface area contributed by atoms with Gasteiger partial charge in [0.05, 0.1) is 5.33 Å². The van der Waals surface area contributed by atoms with E-state index in [1.807, 2.05) is 0 Å². The quantitative estimate of drug-likeness (QED) is 0.751. The molecule has 0 aliphatic heterocycles. The summed E-state index contributed by atoms with van der Waals surface area (Å²) in [7, 11) is 0. The van der Waals surface area contributed by atoms with Crippen LogP contribution >= 0.6 is 15.9 Å². The van der Waals surface area contributed by atoms with Gasteiger partial charge in [-0.2, -0.15) is 0 Å².